The Morgan fingerprint density at radius 1 is 1.47 bits per heavy atom. The summed E-state index contributed by atoms with van der Waals surface area (Å²) in [5.41, 5.74) is 2.55. The van der Waals surface area contributed by atoms with E-state index in [0.717, 1.165) is 19.6 Å². The van der Waals surface area contributed by atoms with Crippen molar-refractivity contribution in [1.29, 1.82) is 0 Å². The number of nitrogens with one attached hydrogen (secondary N) is 1. The van der Waals surface area contributed by atoms with Gasteiger partial charge in [-0.15, -0.1) is 0 Å². The van der Waals surface area contributed by atoms with E-state index in [2.05, 4.69) is 26.2 Å². The highest BCUT2D eigenvalue weighted by Gasteiger charge is 2.20. The smallest absolute Gasteiger partial charge is 0.0951 e. The molecule has 0 aliphatic carbocycles. The molecule has 17 heavy (non-hydrogen) atoms. The van der Waals surface area contributed by atoms with Gasteiger partial charge in [0.25, 0.3) is 0 Å². The van der Waals surface area contributed by atoms with Crippen molar-refractivity contribution in [3.05, 3.63) is 36.2 Å². The first kappa shape index (κ1) is 10.5. The minimum absolute atomic E-state index is 0.606. The van der Waals surface area contributed by atoms with Crippen LogP contribution in [-0.2, 0) is 13.6 Å². The minimum Gasteiger partial charge on any atom is -0.330 e. The van der Waals surface area contributed by atoms with Crippen LogP contribution in [-0.4, -0.2) is 32.4 Å². The lowest BCUT2D eigenvalue weighted by atomic mass is 10.1. The maximum Gasteiger partial charge on any atom is 0.0951 e. The molecule has 1 unspecified atom stereocenters. The van der Waals surface area contributed by atoms with Gasteiger partial charge >= 0.3 is 0 Å². The third-order valence-corrected chi connectivity index (χ3v) is 3.33. The molecule has 1 N–H and O–H groups in total. The van der Waals surface area contributed by atoms with E-state index in [1.807, 2.05) is 30.5 Å². The molecule has 2 aromatic heterocycles. The monoisotopic (exact) mass is 231 g/mol. The maximum atomic E-state index is 4.28. The number of aryl methyl sites for hydroxylation is 1. The molecule has 3 rings (SSSR count). The lowest BCUT2D eigenvalue weighted by molar-refractivity contribution is 0.654. The van der Waals surface area contributed by atoms with Gasteiger partial charge in [0, 0.05) is 43.2 Å². The number of hydrogen-bond acceptors (Lipinski definition) is 3. The lowest BCUT2D eigenvalue weighted by Gasteiger charge is -2.11. The van der Waals surface area contributed by atoms with Crippen molar-refractivity contribution in [2.45, 2.75) is 18.9 Å². The van der Waals surface area contributed by atoms with Gasteiger partial charge in [0.15, 0.2) is 0 Å². The zero-order valence-electron chi connectivity index (χ0n) is 10.0. The fraction of sp³-hybridized carbons (Fsp3) is 0.500. The molecule has 1 aliphatic rings. The average molecular weight is 231 g/mol. The summed E-state index contributed by atoms with van der Waals surface area (Å²) in [6.45, 7) is 3.04. The number of nitrogens with zero attached hydrogens (tertiary/aromatic N) is 4. The molecule has 1 fully saturated rings. The fourth-order valence-electron chi connectivity index (χ4n) is 2.46. The largest absolute Gasteiger partial charge is 0.330 e. The molecule has 0 bridgehead atoms. The zero-order valence-corrected chi connectivity index (χ0v) is 10.0. The molecular weight excluding hydrogens is 214 g/mol. The molecule has 90 valence electrons. The highest BCUT2D eigenvalue weighted by Crippen LogP contribution is 2.22. The molecule has 1 atom stereocenters. The first-order chi connectivity index (χ1) is 8.33. The van der Waals surface area contributed by atoms with Gasteiger partial charge in [-0.3, -0.25) is 4.68 Å². The van der Waals surface area contributed by atoms with Crippen LogP contribution >= 0.6 is 0 Å². The standard InChI is InChI=1S/C12H17N5/c1-16-7-10(4-15-16)8-17-9-14-6-12(17)11-2-3-13-5-11/h4,6-7,9,11,13H,2-3,5,8H2,1H3. The Morgan fingerprint density at radius 2 is 2.41 bits per heavy atom. The minimum atomic E-state index is 0.606. The van der Waals surface area contributed by atoms with Gasteiger partial charge in [0.1, 0.15) is 0 Å². The Bertz CT molecular complexity index is 492. The molecule has 0 aromatic carbocycles. The second kappa shape index (κ2) is 4.33. The van der Waals surface area contributed by atoms with Gasteiger partial charge in [-0.1, -0.05) is 0 Å². The summed E-state index contributed by atoms with van der Waals surface area (Å²) < 4.78 is 4.07. The molecule has 0 saturated carbocycles. The third-order valence-electron chi connectivity index (χ3n) is 3.33. The van der Waals surface area contributed by atoms with Crippen LogP contribution in [0.4, 0.5) is 0 Å². The van der Waals surface area contributed by atoms with E-state index >= 15 is 0 Å². The van der Waals surface area contributed by atoms with E-state index in [4.69, 9.17) is 0 Å². The summed E-state index contributed by atoms with van der Waals surface area (Å²) in [6, 6.07) is 0. The summed E-state index contributed by atoms with van der Waals surface area (Å²) in [5, 5.41) is 7.59. The Labute approximate surface area is 100 Å². The van der Waals surface area contributed by atoms with Crippen LogP contribution in [0.5, 0.6) is 0 Å². The van der Waals surface area contributed by atoms with E-state index in [0.29, 0.717) is 5.92 Å². The molecule has 0 spiro atoms. The van der Waals surface area contributed by atoms with Crippen LogP contribution in [0.2, 0.25) is 0 Å². The topological polar surface area (TPSA) is 47.7 Å². The number of rotatable bonds is 3. The number of hydrogen-bond donors (Lipinski definition) is 1. The Balaban J connectivity index is 1.81. The number of aromatic nitrogens is 4. The van der Waals surface area contributed by atoms with Gasteiger partial charge in [0.05, 0.1) is 19.1 Å². The molecular formula is C12H17N5. The quantitative estimate of drug-likeness (QED) is 0.847. The summed E-state index contributed by atoms with van der Waals surface area (Å²) in [7, 11) is 1.94. The Morgan fingerprint density at radius 3 is 3.12 bits per heavy atom. The van der Waals surface area contributed by atoms with Crippen molar-refractivity contribution in [3.8, 4) is 0 Å². The van der Waals surface area contributed by atoms with Crippen LogP contribution in [0.1, 0.15) is 23.6 Å². The summed E-state index contributed by atoms with van der Waals surface area (Å²) >= 11 is 0. The predicted octanol–water partition coefficient (Wildman–Crippen LogP) is 0.742. The van der Waals surface area contributed by atoms with E-state index in [-0.39, 0.29) is 0 Å². The summed E-state index contributed by atoms with van der Waals surface area (Å²) in [6.07, 6.45) is 9.08. The first-order valence-electron chi connectivity index (χ1n) is 6.01. The molecule has 1 saturated heterocycles. The van der Waals surface area contributed by atoms with Crippen molar-refractivity contribution < 1.29 is 0 Å². The second-order valence-electron chi connectivity index (χ2n) is 4.66. The summed E-state index contributed by atoms with van der Waals surface area (Å²) in [5.74, 6) is 0.606. The Hall–Kier alpha value is -1.62. The van der Waals surface area contributed by atoms with Crippen LogP contribution in [0.15, 0.2) is 24.9 Å². The Kier molecular flexibility index (Phi) is 2.68. The second-order valence-corrected chi connectivity index (χ2v) is 4.66. The van der Waals surface area contributed by atoms with E-state index in [1.54, 1.807) is 0 Å². The molecule has 1 aliphatic heterocycles. The highest BCUT2D eigenvalue weighted by molar-refractivity contribution is 5.13. The van der Waals surface area contributed by atoms with E-state index < -0.39 is 0 Å². The van der Waals surface area contributed by atoms with Crippen LogP contribution in [0.3, 0.4) is 0 Å². The molecule has 2 aromatic rings. The first-order valence-corrected chi connectivity index (χ1v) is 6.01. The van der Waals surface area contributed by atoms with E-state index in [9.17, 15) is 0 Å². The molecule has 5 nitrogen and oxygen atoms in total. The molecule has 5 heteroatoms. The van der Waals surface area contributed by atoms with Crippen LogP contribution in [0, 0.1) is 0 Å². The summed E-state index contributed by atoms with van der Waals surface area (Å²) in [4.78, 5) is 4.28. The van der Waals surface area contributed by atoms with Crippen molar-refractivity contribution in [2.75, 3.05) is 13.1 Å². The highest BCUT2D eigenvalue weighted by atomic mass is 15.2. The SMILES string of the molecule is Cn1cc(Cn2cncc2C2CCNC2)cn1. The normalized spacial score (nSPS) is 19.9. The van der Waals surface area contributed by atoms with Crippen LogP contribution in [0.25, 0.3) is 0 Å². The maximum absolute atomic E-state index is 4.28. The van der Waals surface area contributed by atoms with Gasteiger partial charge < -0.3 is 9.88 Å². The van der Waals surface area contributed by atoms with Gasteiger partial charge in [-0.25, -0.2) is 4.98 Å². The van der Waals surface area contributed by atoms with Crippen molar-refractivity contribution >= 4 is 0 Å². The third kappa shape index (κ3) is 2.10. The van der Waals surface area contributed by atoms with Crippen LogP contribution < -0.4 is 5.32 Å². The van der Waals surface area contributed by atoms with Crippen molar-refractivity contribution in [1.82, 2.24) is 24.6 Å². The van der Waals surface area contributed by atoms with E-state index in [1.165, 1.54) is 17.7 Å². The molecule has 0 amide bonds. The van der Waals surface area contributed by atoms with Crippen molar-refractivity contribution in [3.63, 3.8) is 0 Å². The molecule has 0 radical (unpaired) electrons. The van der Waals surface area contributed by atoms with Gasteiger partial charge in [0.2, 0.25) is 0 Å². The van der Waals surface area contributed by atoms with Gasteiger partial charge in [-0.2, -0.15) is 5.10 Å². The van der Waals surface area contributed by atoms with Crippen molar-refractivity contribution in [2.24, 2.45) is 7.05 Å². The molecule has 3 heterocycles. The average Bonchev–Trinajstić information content (AvgIpc) is 3.00. The number of imidazole rings is 1. The zero-order chi connectivity index (χ0) is 11.7. The fourth-order valence-corrected chi connectivity index (χ4v) is 2.46. The lowest BCUT2D eigenvalue weighted by Crippen LogP contribution is -2.11. The van der Waals surface area contributed by atoms with Gasteiger partial charge in [-0.05, 0) is 13.0 Å². The predicted molar refractivity (Wildman–Crippen MR) is 64.8 cm³/mol.